The Morgan fingerprint density at radius 2 is 1.83 bits per heavy atom. The van der Waals surface area contributed by atoms with Gasteiger partial charge < -0.3 is 14.4 Å². The molecule has 0 saturated heterocycles. The first-order valence-electron chi connectivity index (χ1n) is 5.47. The molecule has 94 valence electrons. The molecular weight excluding hydrogens is 232 g/mol. The molecule has 0 aliphatic heterocycles. The first kappa shape index (κ1) is 12.2. The first-order valence-corrected chi connectivity index (χ1v) is 5.47. The Hall–Kier alpha value is -2.30. The standard InChI is InChI=1S/C13H14N2O3/c1-8-11(16)14-12(18-13(8)17)9-4-6-10(7-5-9)15(2)3/h4-7,16H,1-3H3. The van der Waals surface area contributed by atoms with Gasteiger partial charge in [-0.1, -0.05) is 0 Å². The van der Waals surface area contributed by atoms with Gasteiger partial charge in [-0.25, -0.2) is 4.79 Å². The largest absolute Gasteiger partial charge is 0.493 e. The Balaban J connectivity index is 2.46. The molecule has 0 fully saturated rings. The van der Waals surface area contributed by atoms with Gasteiger partial charge in [0, 0.05) is 25.3 Å². The van der Waals surface area contributed by atoms with E-state index in [4.69, 9.17) is 4.42 Å². The predicted octanol–water partition coefficient (Wildman–Crippen LogP) is 1.78. The van der Waals surface area contributed by atoms with E-state index in [1.165, 1.54) is 6.92 Å². The van der Waals surface area contributed by atoms with Crippen molar-refractivity contribution in [3.63, 3.8) is 0 Å². The molecule has 0 unspecified atom stereocenters. The third-order valence-electron chi connectivity index (χ3n) is 2.67. The van der Waals surface area contributed by atoms with Gasteiger partial charge in [-0.3, -0.25) is 0 Å². The molecule has 0 bridgehead atoms. The second-order valence-electron chi connectivity index (χ2n) is 4.20. The van der Waals surface area contributed by atoms with E-state index in [9.17, 15) is 9.90 Å². The van der Waals surface area contributed by atoms with Crippen LogP contribution in [0.25, 0.3) is 11.5 Å². The molecule has 0 atom stereocenters. The van der Waals surface area contributed by atoms with Gasteiger partial charge in [-0.2, -0.15) is 4.98 Å². The number of aromatic nitrogens is 1. The summed E-state index contributed by atoms with van der Waals surface area (Å²) in [4.78, 5) is 17.2. The SMILES string of the molecule is Cc1c(O)nc(-c2ccc(N(C)C)cc2)oc1=O. The lowest BCUT2D eigenvalue weighted by Gasteiger charge is -2.12. The molecule has 18 heavy (non-hydrogen) atoms. The molecule has 0 aliphatic carbocycles. The minimum Gasteiger partial charge on any atom is -0.493 e. The highest BCUT2D eigenvalue weighted by Crippen LogP contribution is 2.22. The van der Waals surface area contributed by atoms with Crippen molar-refractivity contribution in [2.75, 3.05) is 19.0 Å². The number of nitrogens with zero attached hydrogens (tertiary/aromatic N) is 2. The number of benzene rings is 1. The van der Waals surface area contributed by atoms with Crippen molar-refractivity contribution >= 4 is 5.69 Å². The van der Waals surface area contributed by atoms with Gasteiger partial charge in [0.1, 0.15) is 0 Å². The molecule has 0 aliphatic rings. The van der Waals surface area contributed by atoms with Crippen LogP contribution in [0.4, 0.5) is 5.69 Å². The summed E-state index contributed by atoms with van der Waals surface area (Å²) in [6.07, 6.45) is 0. The third kappa shape index (κ3) is 2.20. The van der Waals surface area contributed by atoms with Crippen LogP contribution >= 0.6 is 0 Å². The zero-order chi connectivity index (χ0) is 13.3. The molecule has 1 aromatic heterocycles. The third-order valence-corrected chi connectivity index (χ3v) is 2.67. The monoisotopic (exact) mass is 246 g/mol. The normalized spacial score (nSPS) is 10.4. The van der Waals surface area contributed by atoms with Crippen molar-refractivity contribution in [3.8, 4) is 17.3 Å². The fraction of sp³-hybridized carbons (Fsp3) is 0.231. The Labute approximate surface area is 104 Å². The maximum Gasteiger partial charge on any atom is 0.345 e. The molecule has 0 amide bonds. The quantitative estimate of drug-likeness (QED) is 0.874. The molecule has 0 saturated carbocycles. The molecule has 1 aromatic carbocycles. The van der Waals surface area contributed by atoms with Gasteiger partial charge in [-0.05, 0) is 31.2 Å². The predicted molar refractivity (Wildman–Crippen MR) is 68.9 cm³/mol. The smallest absolute Gasteiger partial charge is 0.345 e. The van der Waals surface area contributed by atoms with E-state index in [1.807, 2.05) is 31.1 Å². The lowest BCUT2D eigenvalue weighted by molar-refractivity contribution is 0.414. The lowest BCUT2D eigenvalue weighted by Crippen LogP contribution is -2.08. The van der Waals surface area contributed by atoms with E-state index in [0.29, 0.717) is 5.56 Å². The first-order chi connectivity index (χ1) is 8.49. The zero-order valence-corrected chi connectivity index (χ0v) is 10.5. The van der Waals surface area contributed by atoms with Crippen LogP contribution in [-0.4, -0.2) is 24.2 Å². The molecule has 1 heterocycles. The van der Waals surface area contributed by atoms with Crippen LogP contribution in [0.2, 0.25) is 0 Å². The summed E-state index contributed by atoms with van der Waals surface area (Å²) in [5.74, 6) is -0.175. The topological polar surface area (TPSA) is 66.6 Å². The average Bonchev–Trinajstić information content (AvgIpc) is 2.35. The number of hydrogen-bond acceptors (Lipinski definition) is 5. The molecule has 2 rings (SSSR count). The van der Waals surface area contributed by atoms with E-state index >= 15 is 0 Å². The molecular formula is C13H14N2O3. The van der Waals surface area contributed by atoms with Crippen LogP contribution in [0.5, 0.6) is 5.88 Å². The molecule has 5 heteroatoms. The van der Waals surface area contributed by atoms with Crippen molar-refractivity contribution < 1.29 is 9.52 Å². The van der Waals surface area contributed by atoms with Crippen molar-refractivity contribution in [2.45, 2.75) is 6.92 Å². The highest BCUT2D eigenvalue weighted by Gasteiger charge is 2.10. The van der Waals surface area contributed by atoms with Crippen LogP contribution in [0.1, 0.15) is 5.56 Å². The molecule has 0 spiro atoms. The summed E-state index contributed by atoms with van der Waals surface area (Å²) < 4.78 is 5.03. The van der Waals surface area contributed by atoms with Gasteiger partial charge >= 0.3 is 5.63 Å². The average molecular weight is 246 g/mol. The molecule has 5 nitrogen and oxygen atoms in total. The van der Waals surface area contributed by atoms with Crippen LogP contribution in [0.15, 0.2) is 33.5 Å². The Bertz CT molecular complexity index is 615. The highest BCUT2D eigenvalue weighted by molar-refractivity contribution is 5.59. The molecule has 0 radical (unpaired) electrons. The van der Waals surface area contributed by atoms with Gasteiger partial charge in [0.25, 0.3) is 0 Å². The van der Waals surface area contributed by atoms with Gasteiger partial charge in [0.2, 0.25) is 11.8 Å². The zero-order valence-electron chi connectivity index (χ0n) is 10.5. The maximum absolute atomic E-state index is 11.4. The summed E-state index contributed by atoms with van der Waals surface area (Å²) in [5.41, 5.74) is 1.21. The molecule has 2 aromatic rings. The maximum atomic E-state index is 11.4. The van der Waals surface area contributed by atoms with Gasteiger partial charge in [-0.15, -0.1) is 0 Å². The highest BCUT2D eigenvalue weighted by atomic mass is 16.4. The Morgan fingerprint density at radius 1 is 1.22 bits per heavy atom. The summed E-state index contributed by atoms with van der Waals surface area (Å²) in [5, 5.41) is 9.51. The Morgan fingerprint density at radius 3 is 2.33 bits per heavy atom. The van der Waals surface area contributed by atoms with Crippen LogP contribution < -0.4 is 10.5 Å². The lowest BCUT2D eigenvalue weighted by atomic mass is 10.2. The number of rotatable bonds is 2. The van der Waals surface area contributed by atoms with Crippen LogP contribution in [0, 0.1) is 6.92 Å². The van der Waals surface area contributed by atoms with Crippen molar-refractivity contribution in [1.82, 2.24) is 4.98 Å². The van der Waals surface area contributed by atoms with Crippen molar-refractivity contribution in [1.29, 1.82) is 0 Å². The fourth-order valence-corrected chi connectivity index (χ4v) is 1.48. The minimum absolute atomic E-state index is 0.115. The van der Waals surface area contributed by atoms with E-state index in [2.05, 4.69) is 4.98 Å². The van der Waals surface area contributed by atoms with Crippen molar-refractivity contribution in [2.24, 2.45) is 0 Å². The Kier molecular flexibility index (Phi) is 3.06. The van der Waals surface area contributed by atoms with E-state index < -0.39 is 5.63 Å². The van der Waals surface area contributed by atoms with E-state index in [1.54, 1.807) is 12.1 Å². The second-order valence-corrected chi connectivity index (χ2v) is 4.20. The number of hydrogen-bond donors (Lipinski definition) is 1. The van der Waals surface area contributed by atoms with Crippen molar-refractivity contribution in [3.05, 3.63) is 40.2 Å². The molecule has 1 N–H and O–H groups in total. The van der Waals surface area contributed by atoms with E-state index in [-0.39, 0.29) is 17.3 Å². The number of aromatic hydroxyl groups is 1. The summed E-state index contributed by atoms with van der Waals surface area (Å²) in [6.45, 7) is 1.47. The van der Waals surface area contributed by atoms with Crippen LogP contribution in [0.3, 0.4) is 0 Å². The fourth-order valence-electron chi connectivity index (χ4n) is 1.48. The van der Waals surface area contributed by atoms with Gasteiger partial charge in [0.05, 0.1) is 5.56 Å². The van der Waals surface area contributed by atoms with Crippen LogP contribution in [-0.2, 0) is 0 Å². The minimum atomic E-state index is -0.575. The summed E-state index contributed by atoms with van der Waals surface area (Å²) >= 11 is 0. The second kappa shape index (κ2) is 4.52. The number of anilines is 1. The van der Waals surface area contributed by atoms with Gasteiger partial charge in [0.15, 0.2) is 0 Å². The summed E-state index contributed by atoms with van der Waals surface area (Å²) in [7, 11) is 3.87. The summed E-state index contributed by atoms with van der Waals surface area (Å²) in [6, 6.07) is 7.34. The van der Waals surface area contributed by atoms with E-state index in [0.717, 1.165) is 5.69 Å².